The van der Waals surface area contributed by atoms with E-state index in [1.165, 1.54) is 12.1 Å². The Bertz CT molecular complexity index is 2740. The third kappa shape index (κ3) is 9.36. The van der Waals surface area contributed by atoms with Crippen molar-refractivity contribution in [3.05, 3.63) is 229 Å². The van der Waals surface area contributed by atoms with Crippen LogP contribution in [0.4, 0.5) is 26.3 Å². The molecule has 0 aliphatic rings. The maximum atomic E-state index is 14.8. The number of hydrogen-bond acceptors (Lipinski definition) is 2. The van der Waals surface area contributed by atoms with E-state index in [1.807, 2.05) is 109 Å². The Morgan fingerprint density at radius 1 is 0.359 bits per heavy atom. The summed E-state index contributed by atoms with van der Waals surface area (Å²) in [4.78, 5) is 0. The zero-order chi connectivity index (χ0) is 44.5. The highest BCUT2D eigenvalue weighted by Crippen LogP contribution is 2.60. The van der Waals surface area contributed by atoms with E-state index in [0.29, 0.717) is 23.2 Å². The zero-order valence-electron chi connectivity index (χ0n) is 34.7. The molecular weight excluding hydrogens is 857 g/mol. The van der Waals surface area contributed by atoms with Crippen LogP contribution in [0.5, 0.6) is 11.5 Å². The average molecular weight is 901 g/mol. The van der Waals surface area contributed by atoms with E-state index in [9.17, 15) is 26.3 Å². The maximum absolute atomic E-state index is 14.8. The molecule has 322 valence electrons. The molecule has 8 aromatic rings. The van der Waals surface area contributed by atoms with Crippen LogP contribution in [0.1, 0.15) is 11.1 Å². The molecule has 2 nitrogen and oxygen atoms in total. The van der Waals surface area contributed by atoms with Gasteiger partial charge in [-0.2, -0.15) is 0 Å². The second kappa shape index (κ2) is 20.1. The monoisotopic (exact) mass is 900 g/mol. The van der Waals surface area contributed by atoms with E-state index in [0.717, 1.165) is 60.7 Å². The Hall–Kier alpha value is -6.20. The van der Waals surface area contributed by atoms with Gasteiger partial charge in [0.2, 0.25) is 0 Å². The van der Waals surface area contributed by atoms with Crippen LogP contribution in [-0.2, 0) is 12.3 Å². The minimum atomic E-state index is -2.76. The lowest BCUT2D eigenvalue weighted by Gasteiger charge is -2.28. The molecule has 0 spiro atoms. The van der Waals surface area contributed by atoms with E-state index in [2.05, 4.69) is 48.5 Å². The summed E-state index contributed by atoms with van der Waals surface area (Å²) in [6, 6.07) is 60.8. The Morgan fingerprint density at radius 3 is 1.08 bits per heavy atom. The highest BCUT2D eigenvalue weighted by Gasteiger charge is 2.47. The maximum Gasteiger partial charge on any atom is 0.194 e. The minimum absolute atomic E-state index is 0.0370. The van der Waals surface area contributed by atoms with Gasteiger partial charge in [0.05, 0.1) is 12.3 Å². The van der Waals surface area contributed by atoms with Crippen molar-refractivity contribution in [1.82, 2.24) is 0 Å². The summed E-state index contributed by atoms with van der Waals surface area (Å²) in [5.41, 5.74) is 3.18. The molecule has 2 unspecified atom stereocenters. The van der Waals surface area contributed by atoms with Gasteiger partial charge in [0, 0.05) is 0 Å². The molecule has 8 rings (SSSR count). The lowest BCUT2D eigenvalue weighted by atomic mass is 10.1. The number of benzene rings is 8. The van der Waals surface area contributed by atoms with Gasteiger partial charge in [-0.1, -0.05) is 72.8 Å². The fraction of sp³-hybridized carbons (Fsp3) is 0.111. The topological polar surface area (TPSA) is 18.5 Å². The fourth-order valence-corrected chi connectivity index (χ4v) is 16.7. The first kappa shape index (κ1) is 44.4. The van der Waals surface area contributed by atoms with Crippen LogP contribution in [-0.4, -0.2) is 26.6 Å². The van der Waals surface area contributed by atoms with Crippen LogP contribution in [0.3, 0.4) is 0 Å². The summed E-state index contributed by atoms with van der Waals surface area (Å²) in [5.74, 6) is -3.29. The first-order valence-electron chi connectivity index (χ1n) is 20.8. The molecule has 0 aliphatic heterocycles. The van der Waals surface area contributed by atoms with Crippen molar-refractivity contribution in [1.29, 1.82) is 0 Å². The molecule has 0 amide bonds. The van der Waals surface area contributed by atoms with E-state index in [4.69, 9.17) is 9.47 Å². The van der Waals surface area contributed by atoms with Crippen LogP contribution in [0.15, 0.2) is 194 Å². The lowest BCUT2D eigenvalue weighted by Crippen LogP contribution is -2.32. The standard InChI is InChI=1S/C54H44F6O2P2/c55-31-33-61-44-19-27-50(28-20-44)63(46-7-3-1-4-8-46,37-39-11-17-43(57)18-12-39)48-23-13-41(14-24-48)42-15-25-49(26-16-42)64(47-9-5-2-6-10-47,38-40-35-52(58)54(60)53(59)36-40)51-29-21-45(22-30-51)62-34-32-56/h1-30,35-36H,31-34,37-38H2/q+2. The van der Waals surface area contributed by atoms with Gasteiger partial charge < -0.3 is 9.47 Å². The number of halogens is 6. The normalized spacial score (nSPS) is 13.2. The minimum Gasteiger partial charge on any atom is -0.491 e. The van der Waals surface area contributed by atoms with Crippen molar-refractivity contribution in [2.45, 2.75) is 12.3 Å². The van der Waals surface area contributed by atoms with E-state index < -0.39 is 45.3 Å². The first-order valence-corrected chi connectivity index (χ1v) is 24.7. The largest absolute Gasteiger partial charge is 0.491 e. The summed E-state index contributed by atoms with van der Waals surface area (Å²) in [5, 5.41) is 6.08. The van der Waals surface area contributed by atoms with E-state index >= 15 is 0 Å². The molecule has 0 N–H and O–H groups in total. The Kier molecular flexibility index (Phi) is 13.9. The van der Waals surface area contributed by atoms with Gasteiger partial charge >= 0.3 is 0 Å². The van der Waals surface area contributed by atoms with Gasteiger partial charge in [-0.25, -0.2) is 26.3 Å². The Balaban J connectivity index is 1.23. The van der Waals surface area contributed by atoms with Gasteiger partial charge in [0.25, 0.3) is 0 Å². The molecular formula is C54H44F6O2P2+2. The van der Waals surface area contributed by atoms with Gasteiger partial charge in [-0.3, -0.25) is 0 Å². The second-order valence-electron chi connectivity index (χ2n) is 15.3. The summed E-state index contributed by atoms with van der Waals surface area (Å²) in [7, 11) is -5.22. The van der Waals surface area contributed by atoms with Crippen LogP contribution in [0, 0.1) is 23.3 Å². The summed E-state index contributed by atoms with van der Waals surface area (Å²) >= 11 is 0. The van der Waals surface area contributed by atoms with E-state index in [1.54, 1.807) is 12.1 Å². The highest BCUT2D eigenvalue weighted by atomic mass is 31.2. The Labute approximate surface area is 370 Å². The highest BCUT2D eigenvalue weighted by molar-refractivity contribution is 7.95. The molecule has 0 heterocycles. The van der Waals surface area contributed by atoms with Crippen LogP contribution < -0.4 is 41.3 Å². The van der Waals surface area contributed by atoms with Crippen molar-refractivity contribution in [3.63, 3.8) is 0 Å². The number of hydrogen-bond donors (Lipinski definition) is 0. The molecule has 0 bridgehead atoms. The molecule has 0 saturated carbocycles. The second-order valence-corrected chi connectivity index (χ2v) is 22.2. The average Bonchev–Trinajstić information content (AvgIpc) is 3.34. The molecule has 0 aromatic heterocycles. The van der Waals surface area contributed by atoms with Gasteiger partial charge in [-0.05, 0) is 144 Å². The molecule has 2 atom stereocenters. The molecule has 0 radical (unpaired) electrons. The molecule has 8 aromatic carbocycles. The van der Waals surface area contributed by atoms with E-state index in [-0.39, 0.29) is 25.2 Å². The predicted molar refractivity (Wildman–Crippen MR) is 252 cm³/mol. The van der Waals surface area contributed by atoms with Gasteiger partial charge in [0.1, 0.15) is 90.2 Å². The zero-order valence-corrected chi connectivity index (χ0v) is 36.5. The molecule has 0 saturated heterocycles. The predicted octanol–water partition coefficient (Wildman–Crippen LogP) is 11.6. The van der Waals surface area contributed by atoms with Crippen molar-refractivity contribution in [3.8, 4) is 22.6 Å². The van der Waals surface area contributed by atoms with Crippen molar-refractivity contribution >= 4 is 46.4 Å². The lowest BCUT2D eigenvalue weighted by molar-refractivity contribution is 0.273. The summed E-state index contributed by atoms with van der Waals surface area (Å²) < 4.78 is 95.3. The summed E-state index contributed by atoms with van der Waals surface area (Å²) in [6.45, 7) is -1.37. The summed E-state index contributed by atoms with van der Waals surface area (Å²) in [6.07, 6.45) is 0.804. The third-order valence-electron chi connectivity index (χ3n) is 11.4. The van der Waals surface area contributed by atoms with Crippen molar-refractivity contribution in [2.75, 3.05) is 26.6 Å². The van der Waals surface area contributed by atoms with Crippen LogP contribution in [0.25, 0.3) is 11.1 Å². The third-order valence-corrected chi connectivity index (χ3v) is 20.1. The fourth-order valence-electron chi connectivity index (χ4n) is 8.37. The van der Waals surface area contributed by atoms with Crippen molar-refractivity contribution in [2.24, 2.45) is 0 Å². The van der Waals surface area contributed by atoms with Gasteiger partial charge in [0.15, 0.2) is 17.5 Å². The smallest absolute Gasteiger partial charge is 0.194 e. The van der Waals surface area contributed by atoms with Crippen LogP contribution in [0.2, 0.25) is 0 Å². The molecule has 0 fully saturated rings. The van der Waals surface area contributed by atoms with Crippen molar-refractivity contribution < 1.29 is 35.8 Å². The van der Waals surface area contributed by atoms with Gasteiger partial charge in [-0.15, -0.1) is 0 Å². The number of ether oxygens (including phenoxy) is 2. The molecule has 0 aliphatic carbocycles. The van der Waals surface area contributed by atoms with Crippen LogP contribution >= 0.6 is 14.5 Å². The number of alkyl halides is 2. The first-order chi connectivity index (χ1) is 31.2. The SMILES string of the molecule is FCCOc1ccc([P+](Cc2ccc(F)cc2)(c2ccccc2)c2ccc(-c3ccc([P+](Cc4cc(F)c(F)c(F)c4)(c4ccccc4)c4ccc(OCCF)cc4)cc3)cc2)cc1. The Morgan fingerprint density at radius 2 is 0.703 bits per heavy atom. The quantitative estimate of drug-likeness (QED) is 0.0515. The molecule has 64 heavy (non-hydrogen) atoms. The number of rotatable bonds is 17. The molecule has 10 heteroatoms.